The van der Waals surface area contributed by atoms with Crippen LogP contribution in [-0.2, 0) is 38.8 Å². The van der Waals surface area contributed by atoms with Gasteiger partial charge in [-0.25, -0.2) is 0 Å². The zero-order valence-corrected chi connectivity index (χ0v) is 23.1. The molecule has 0 aromatic heterocycles. The molecule has 0 amide bonds. The molecule has 1 aliphatic heterocycles. The molecule has 0 aliphatic carbocycles. The smallest absolute Gasteiger partial charge is 0.132 e. The highest BCUT2D eigenvalue weighted by atomic mass is 32.2. The summed E-state index contributed by atoms with van der Waals surface area (Å²) in [5.41, 5.74) is 3.02. The fraction of sp³-hybridized carbons (Fsp3) is 0.400. The van der Waals surface area contributed by atoms with Crippen molar-refractivity contribution in [2.24, 2.45) is 0 Å². The van der Waals surface area contributed by atoms with Crippen LogP contribution in [0.1, 0.15) is 16.7 Å². The largest absolute Gasteiger partial charge is 0.497 e. The molecule has 1 saturated heterocycles. The van der Waals surface area contributed by atoms with Crippen molar-refractivity contribution in [2.45, 2.75) is 42.7 Å². The van der Waals surface area contributed by atoms with E-state index in [0.29, 0.717) is 26.4 Å². The monoisotopic (exact) mass is 540 g/mol. The van der Waals surface area contributed by atoms with Crippen LogP contribution < -0.4 is 14.2 Å². The van der Waals surface area contributed by atoms with Gasteiger partial charge in [-0.2, -0.15) is 0 Å². The topological polar surface area (TPSA) is 64.6 Å². The fourth-order valence-corrected chi connectivity index (χ4v) is 5.64. The minimum Gasteiger partial charge on any atom is -0.497 e. The Hall–Kier alpha value is -2.75. The van der Waals surface area contributed by atoms with Crippen molar-refractivity contribution in [3.05, 3.63) is 89.5 Å². The van der Waals surface area contributed by atoms with Crippen molar-refractivity contribution >= 4 is 11.8 Å². The van der Waals surface area contributed by atoms with E-state index in [1.165, 1.54) is 0 Å². The summed E-state index contributed by atoms with van der Waals surface area (Å²) in [6, 6.07) is 23.7. The van der Waals surface area contributed by atoms with E-state index >= 15 is 0 Å². The third-order valence-corrected chi connectivity index (χ3v) is 7.90. The van der Waals surface area contributed by atoms with E-state index in [1.54, 1.807) is 40.2 Å². The van der Waals surface area contributed by atoms with E-state index in [9.17, 15) is 0 Å². The zero-order chi connectivity index (χ0) is 26.7. The van der Waals surface area contributed by atoms with Gasteiger partial charge in [0.25, 0.3) is 0 Å². The van der Waals surface area contributed by atoms with Crippen LogP contribution in [0.25, 0.3) is 0 Å². The average Bonchev–Trinajstić information content (AvgIpc) is 3.31. The lowest BCUT2D eigenvalue weighted by Crippen LogP contribution is -2.39. The molecule has 0 saturated carbocycles. The van der Waals surface area contributed by atoms with Crippen LogP contribution in [0.2, 0.25) is 0 Å². The molecule has 0 spiro atoms. The molecule has 1 aliphatic rings. The van der Waals surface area contributed by atoms with Crippen LogP contribution in [0.4, 0.5) is 0 Å². The van der Waals surface area contributed by atoms with E-state index in [4.69, 9.17) is 33.2 Å². The molecule has 4 rings (SSSR count). The number of hydrogen-bond acceptors (Lipinski definition) is 8. The molecule has 7 nitrogen and oxygen atoms in total. The van der Waals surface area contributed by atoms with Crippen molar-refractivity contribution in [1.29, 1.82) is 0 Å². The van der Waals surface area contributed by atoms with Crippen molar-refractivity contribution < 1.29 is 33.2 Å². The van der Waals surface area contributed by atoms with Gasteiger partial charge in [-0.15, -0.1) is 11.8 Å². The van der Waals surface area contributed by atoms with Gasteiger partial charge in [0.2, 0.25) is 0 Å². The van der Waals surface area contributed by atoms with Gasteiger partial charge in [0.15, 0.2) is 0 Å². The van der Waals surface area contributed by atoms with Crippen molar-refractivity contribution in [2.75, 3.05) is 35.0 Å². The minimum absolute atomic E-state index is 0.0392. The lowest BCUT2D eigenvalue weighted by atomic mass is 10.1. The second-order valence-corrected chi connectivity index (χ2v) is 10.2. The minimum atomic E-state index is -0.264. The van der Waals surface area contributed by atoms with Crippen LogP contribution >= 0.6 is 11.8 Å². The van der Waals surface area contributed by atoms with E-state index in [1.807, 2.05) is 72.8 Å². The molecule has 1 fully saturated rings. The normalized spacial score (nSPS) is 20.8. The summed E-state index contributed by atoms with van der Waals surface area (Å²) in [5, 5.41) is 0.0392. The summed E-state index contributed by atoms with van der Waals surface area (Å²) in [6.07, 6.45) is -0.485. The maximum atomic E-state index is 6.49. The van der Waals surface area contributed by atoms with Crippen molar-refractivity contribution in [3.63, 3.8) is 0 Å². The number of hydrogen-bond donors (Lipinski definition) is 0. The lowest BCUT2D eigenvalue weighted by Gasteiger charge is -2.26. The third-order valence-electron chi connectivity index (χ3n) is 6.41. The summed E-state index contributed by atoms with van der Waals surface area (Å²) < 4.78 is 40.7. The Bertz CT molecular complexity index is 1090. The number of rotatable bonds is 14. The highest BCUT2D eigenvalue weighted by Crippen LogP contribution is 2.39. The standard InChI is InChI=1S/C30H36O7S/c1-31-24-11-5-21(6-12-24)17-35-20-27-28(36-18-22-7-13-25(32-2)14-8-22)29(30(34-4)38-27)37-19-23-9-15-26(33-3)16-10-23/h5-16,27-30H,17-20H2,1-4H3/t27-,28-,29+,30?/m1/s1. The molecule has 4 atom stereocenters. The Morgan fingerprint density at radius 2 is 0.974 bits per heavy atom. The van der Waals surface area contributed by atoms with E-state index < -0.39 is 0 Å². The first-order chi connectivity index (χ1) is 18.6. The predicted octanol–water partition coefficient (Wildman–Crippen LogP) is 5.49. The highest BCUT2D eigenvalue weighted by molar-refractivity contribution is 8.00. The zero-order valence-electron chi connectivity index (χ0n) is 22.3. The maximum Gasteiger partial charge on any atom is 0.132 e. The molecule has 8 heteroatoms. The van der Waals surface area contributed by atoms with Gasteiger partial charge in [0.1, 0.15) is 34.9 Å². The quantitative estimate of drug-likeness (QED) is 0.266. The first-order valence-corrected chi connectivity index (χ1v) is 13.5. The molecular weight excluding hydrogens is 504 g/mol. The predicted molar refractivity (Wildman–Crippen MR) is 148 cm³/mol. The lowest BCUT2D eigenvalue weighted by molar-refractivity contribution is -0.113. The summed E-state index contributed by atoms with van der Waals surface area (Å²) in [7, 11) is 6.69. The Balaban J connectivity index is 1.42. The second kappa shape index (κ2) is 14.4. The molecule has 3 aromatic carbocycles. The van der Waals surface area contributed by atoms with Crippen LogP contribution in [0.15, 0.2) is 72.8 Å². The van der Waals surface area contributed by atoms with Gasteiger partial charge in [-0.1, -0.05) is 36.4 Å². The van der Waals surface area contributed by atoms with Gasteiger partial charge in [0, 0.05) is 7.11 Å². The molecule has 1 heterocycles. The highest BCUT2D eigenvalue weighted by Gasteiger charge is 2.46. The third kappa shape index (κ3) is 7.65. The van der Waals surface area contributed by atoms with E-state index in [-0.39, 0.29) is 22.9 Å². The summed E-state index contributed by atoms with van der Waals surface area (Å²) in [4.78, 5) is 0. The van der Waals surface area contributed by atoms with Gasteiger partial charge in [-0.3, -0.25) is 0 Å². The fourth-order valence-electron chi connectivity index (χ4n) is 4.24. The van der Waals surface area contributed by atoms with Crippen LogP contribution in [0.3, 0.4) is 0 Å². The number of methoxy groups -OCH3 is 4. The molecular formula is C30H36O7S. The Kier molecular flexibility index (Phi) is 10.7. The van der Waals surface area contributed by atoms with Gasteiger partial charge < -0.3 is 33.2 Å². The maximum absolute atomic E-state index is 6.49. The molecule has 0 radical (unpaired) electrons. The van der Waals surface area contributed by atoms with E-state index in [2.05, 4.69) is 0 Å². The Morgan fingerprint density at radius 3 is 1.39 bits per heavy atom. The van der Waals surface area contributed by atoms with Crippen LogP contribution in [0, 0.1) is 0 Å². The second-order valence-electron chi connectivity index (χ2n) is 8.89. The molecule has 204 valence electrons. The van der Waals surface area contributed by atoms with Gasteiger partial charge >= 0.3 is 0 Å². The molecule has 1 unspecified atom stereocenters. The summed E-state index contributed by atoms with van der Waals surface area (Å²) in [5.74, 6) is 2.46. The molecule has 0 bridgehead atoms. The van der Waals surface area contributed by atoms with Gasteiger partial charge in [0.05, 0.1) is 53.0 Å². The molecule has 38 heavy (non-hydrogen) atoms. The van der Waals surface area contributed by atoms with Crippen LogP contribution in [0.5, 0.6) is 17.2 Å². The number of benzene rings is 3. The van der Waals surface area contributed by atoms with Crippen molar-refractivity contribution in [1.82, 2.24) is 0 Å². The Morgan fingerprint density at radius 1 is 0.553 bits per heavy atom. The number of ether oxygens (including phenoxy) is 7. The average molecular weight is 541 g/mol. The van der Waals surface area contributed by atoms with Crippen LogP contribution in [-0.4, -0.2) is 57.9 Å². The summed E-state index contributed by atoms with van der Waals surface area (Å²) in [6.45, 7) is 1.90. The SMILES string of the molecule is COc1ccc(COC[C@H]2SC(OC)[C@@H](OCc3ccc(OC)cc3)[C@@H]2OCc2ccc(OC)cc2)cc1. The van der Waals surface area contributed by atoms with E-state index in [0.717, 1.165) is 33.9 Å². The molecule has 3 aromatic rings. The van der Waals surface area contributed by atoms with Gasteiger partial charge in [-0.05, 0) is 53.1 Å². The van der Waals surface area contributed by atoms with Crippen molar-refractivity contribution in [3.8, 4) is 17.2 Å². The first kappa shape index (κ1) is 28.3. The number of thioether (sulfide) groups is 1. The first-order valence-electron chi connectivity index (χ1n) is 12.5. The Labute approximate surface area is 229 Å². The summed E-state index contributed by atoms with van der Waals surface area (Å²) >= 11 is 1.69. The molecule has 0 N–H and O–H groups in total.